The van der Waals surface area contributed by atoms with Crippen LogP contribution in [0.4, 0.5) is 0 Å². The summed E-state index contributed by atoms with van der Waals surface area (Å²) in [5.74, 6) is -1.10. The highest BCUT2D eigenvalue weighted by Gasteiger charge is 2.43. The molecular formula is C12H20N4O7. The summed E-state index contributed by atoms with van der Waals surface area (Å²) in [6.45, 7) is 0.553. The van der Waals surface area contributed by atoms with Crippen LogP contribution >= 0.6 is 0 Å². The standard InChI is InChI=1S/C12H20N4O7/c1-5(19)15-9-6(16-12(13)14)2-8(22-4-18)23-11(9)10(21)7(20)3-17/h2,4,6-7,9-11,17,20-21H,3H2,1H3,(H,15,19)(H4,13,14,16)/t6-,7+,9+,10+,11+/m0/s1. The molecule has 130 valence electrons. The average molecular weight is 332 g/mol. The molecule has 0 aromatic carbocycles. The van der Waals surface area contributed by atoms with Gasteiger partial charge in [-0.25, -0.2) is 4.99 Å². The van der Waals surface area contributed by atoms with Gasteiger partial charge in [0.1, 0.15) is 18.2 Å². The number of nitrogens with two attached hydrogens (primary N) is 2. The molecule has 11 heteroatoms. The van der Waals surface area contributed by atoms with Gasteiger partial charge in [0.2, 0.25) is 5.91 Å². The third-order valence-corrected chi connectivity index (χ3v) is 3.03. The molecule has 0 unspecified atom stereocenters. The van der Waals surface area contributed by atoms with Gasteiger partial charge in [-0.15, -0.1) is 0 Å². The Bertz CT molecular complexity index is 492. The van der Waals surface area contributed by atoms with Gasteiger partial charge >= 0.3 is 6.47 Å². The van der Waals surface area contributed by atoms with Crippen LogP contribution in [0.5, 0.6) is 0 Å². The lowest BCUT2D eigenvalue weighted by Gasteiger charge is -2.38. The smallest absolute Gasteiger partial charge is 0.300 e. The van der Waals surface area contributed by atoms with Crippen molar-refractivity contribution >= 4 is 18.3 Å². The van der Waals surface area contributed by atoms with E-state index in [-0.39, 0.29) is 18.4 Å². The molecule has 11 nitrogen and oxygen atoms in total. The number of nitrogens with zero attached hydrogens (tertiary/aromatic N) is 1. The Hall–Kier alpha value is -2.37. The van der Waals surface area contributed by atoms with Crippen LogP contribution in [0.1, 0.15) is 6.92 Å². The predicted octanol–water partition coefficient (Wildman–Crippen LogP) is -3.74. The number of guanidine groups is 1. The van der Waals surface area contributed by atoms with Crippen LogP contribution in [0.2, 0.25) is 0 Å². The first kappa shape index (κ1) is 18.7. The molecule has 0 aliphatic carbocycles. The number of aliphatic hydroxyl groups excluding tert-OH is 3. The number of carbonyl (C=O) groups is 2. The van der Waals surface area contributed by atoms with Gasteiger partial charge in [0.05, 0.1) is 12.6 Å². The fraction of sp³-hybridized carbons (Fsp3) is 0.583. The van der Waals surface area contributed by atoms with Crippen molar-refractivity contribution in [1.82, 2.24) is 5.32 Å². The Morgan fingerprint density at radius 1 is 1.57 bits per heavy atom. The van der Waals surface area contributed by atoms with Crippen molar-refractivity contribution in [3.05, 3.63) is 12.0 Å². The van der Waals surface area contributed by atoms with Gasteiger partial charge in [0.15, 0.2) is 12.1 Å². The molecule has 0 spiro atoms. The molecule has 1 rings (SSSR count). The number of carbonyl (C=O) groups excluding carboxylic acids is 2. The van der Waals surface area contributed by atoms with E-state index in [0.29, 0.717) is 0 Å². The Labute approximate surface area is 131 Å². The third-order valence-electron chi connectivity index (χ3n) is 3.03. The molecule has 1 amide bonds. The number of aliphatic imine (C=N–C) groups is 1. The zero-order chi connectivity index (χ0) is 17.6. The van der Waals surface area contributed by atoms with Crippen LogP contribution in [-0.4, -0.2) is 70.7 Å². The molecule has 1 aliphatic rings. The van der Waals surface area contributed by atoms with E-state index in [4.69, 9.17) is 21.3 Å². The summed E-state index contributed by atoms with van der Waals surface area (Å²) >= 11 is 0. The summed E-state index contributed by atoms with van der Waals surface area (Å²) in [5.41, 5.74) is 10.7. The van der Waals surface area contributed by atoms with E-state index in [1.807, 2.05) is 0 Å². The highest BCUT2D eigenvalue weighted by atomic mass is 16.7. The largest absolute Gasteiger partial charge is 0.457 e. The first-order chi connectivity index (χ1) is 10.8. The first-order valence-corrected chi connectivity index (χ1v) is 6.61. The molecule has 0 bridgehead atoms. The fourth-order valence-corrected chi connectivity index (χ4v) is 2.10. The minimum absolute atomic E-state index is 0.0864. The highest BCUT2D eigenvalue weighted by Crippen LogP contribution is 2.24. The van der Waals surface area contributed by atoms with Gasteiger partial charge in [-0.05, 0) is 0 Å². The number of amides is 1. The monoisotopic (exact) mass is 332 g/mol. The van der Waals surface area contributed by atoms with Crippen LogP contribution in [0.15, 0.2) is 17.0 Å². The van der Waals surface area contributed by atoms with Crippen LogP contribution in [-0.2, 0) is 19.1 Å². The molecular weight excluding hydrogens is 312 g/mol. The second-order valence-corrected chi connectivity index (χ2v) is 4.79. The lowest BCUT2D eigenvalue weighted by atomic mass is 9.93. The third kappa shape index (κ3) is 5.09. The molecule has 0 radical (unpaired) electrons. The molecule has 0 aromatic heterocycles. The van der Waals surface area contributed by atoms with E-state index < -0.39 is 42.9 Å². The molecule has 0 saturated heterocycles. The van der Waals surface area contributed by atoms with Gasteiger partial charge in [-0.1, -0.05) is 0 Å². The maximum Gasteiger partial charge on any atom is 0.300 e. The van der Waals surface area contributed by atoms with Crippen molar-refractivity contribution in [2.24, 2.45) is 16.5 Å². The van der Waals surface area contributed by atoms with E-state index in [0.717, 1.165) is 0 Å². The number of ether oxygens (including phenoxy) is 2. The van der Waals surface area contributed by atoms with Crippen molar-refractivity contribution < 1.29 is 34.4 Å². The van der Waals surface area contributed by atoms with Crippen LogP contribution < -0.4 is 16.8 Å². The summed E-state index contributed by atoms with van der Waals surface area (Å²) in [6.07, 6.45) is -3.24. The quantitative estimate of drug-likeness (QED) is 0.154. The summed E-state index contributed by atoms with van der Waals surface area (Å²) in [6, 6.07) is -1.91. The number of hydrogen-bond donors (Lipinski definition) is 6. The Kier molecular flexibility index (Phi) is 6.75. The summed E-state index contributed by atoms with van der Waals surface area (Å²) in [4.78, 5) is 25.7. The molecule has 23 heavy (non-hydrogen) atoms. The number of aliphatic hydroxyl groups is 3. The van der Waals surface area contributed by atoms with Crippen LogP contribution in [0, 0.1) is 0 Å². The zero-order valence-electron chi connectivity index (χ0n) is 12.3. The number of rotatable bonds is 7. The molecule has 5 atom stereocenters. The normalized spacial score (nSPS) is 26.1. The lowest BCUT2D eigenvalue weighted by Crippen LogP contribution is -2.59. The highest BCUT2D eigenvalue weighted by molar-refractivity contribution is 5.76. The topological polar surface area (TPSA) is 190 Å². The predicted molar refractivity (Wildman–Crippen MR) is 76.4 cm³/mol. The molecule has 0 fully saturated rings. The zero-order valence-corrected chi connectivity index (χ0v) is 12.3. The summed E-state index contributed by atoms with van der Waals surface area (Å²) in [5, 5.41) is 31.2. The van der Waals surface area contributed by atoms with Crippen molar-refractivity contribution in [3.63, 3.8) is 0 Å². The van der Waals surface area contributed by atoms with Crippen LogP contribution in [0.25, 0.3) is 0 Å². The first-order valence-electron chi connectivity index (χ1n) is 6.61. The van der Waals surface area contributed by atoms with Crippen molar-refractivity contribution in [2.75, 3.05) is 6.61 Å². The maximum atomic E-state index is 11.4. The fourth-order valence-electron chi connectivity index (χ4n) is 2.10. The maximum absolute atomic E-state index is 11.4. The minimum atomic E-state index is -1.62. The Morgan fingerprint density at radius 2 is 2.22 bits per heavy atom. The van der Waals surface area contributed by atoms with Gasteiger partial charge in [0.25, 0.3) is 5.95 Å². The molecule has 0 saturated carbocycles. The number of hydrogen-bond acceptors (Lipinski definition) is 8. The van der Waals surface area contributed by atoms with Gasteiger partial charge in [0, 0.05) is 13.0 Å². The summed E-state index contributed by atoms with van der Waals surface area (Å²) < 4.78 is 9.84. The van der Waals surface area contributed by atoms with E-state index in [1.54, 1.807) is 0 Å². The second-order valence-electron chi connectivity index (χ2n) is 4.79. The second kappa shape index (κ2) is 8.31. The van der Waals surface area contributed by atoms with Crippen molar-refractivity contribution in [1.29, 1.82) is 0 Å². The molecule has 0 aromatic rings. The molecule has 8 N–H and O–H groups in total. The van der Waals surface area contributed by atoms with Gasteiger partial charge in [-0.2, -0.15) is 0 Å². The van der Waals surface area contributed by atoms with Gasteiger partial charge < -0.3 is 41.6 Å². The van der Waals surface area contributed by atoms with E-state index in [2.05, 4.69) is 15.0 Å². The van der Waals surface area contributed by atoms with E-state index >= 15 is 0 Å². The van der Waals surface area contributed by atoms with Gasteiger partial charge in [-0.3, -0.25) is 9.59 Å². The van der Waals surface area contributed by atoms with Crippen LogP contribution in [0.3, 0.4) is 0 Å². The van der Waals surface area contributed by atoms with Crippen molar-refractivity contribution in [2.45, 2.75) is 37.3 Å². The summed E-state index contributed by atoms with van der Waals surface area (Å²) in [7, 11) is 0. The van der Waals surface area contributed by atoms with Crippen molar-refractivity contribution in [3.8, 4) is 0 Å². The Balaban J connectivity index is 3.22. The number of nitrogens with one attached hydrogen (secondary N) is 1. The molecule has 1 heterocycles. The SMILES string of the molecule is CC(=O)N[C@H]1[C@H]([C@H](O)[C@H](O)CO)OC(OC=O)=C[C@@H]1N=C(N)N. The average Bonchev–Trinajstić information content (AvgIpc) is 2.47. The van der Waals surface area contributed by atoms with E-state index in [9.17, 15) is 19.8 Å². The lowest BCUT2D eigenvalue weighted by molar-refractivity contribution is -0.149. The minimum Gasteiger partial charge on any atom is -0.457 e. The Morgan fingerprint density at radius 3 is 2.70 bits per heavy atom. The molecule has 1 aliphatic heterocycles. The van der Waals surface area contributed by atoms with E-state index in [1.165, 1.54) is 13.0 Å².